The molecule has 0 saturated heterocycles. The van der Waals surface area contributed by atoms with Gasteiger partial charge in [0.15, 0.2) is 11.9 Å². The van der Waals surface area contributed by atoms with Crippen LogP contribution in [0.5, 0.6) is 0 Å². The molecule has 3 heterocycles. The number of carbonyl (C=O) groups is 1. The van der Waals surface area contributed by atoms with Gasteiger partial charge in [0.25, 0.3) is 5.56 Å². The SMILES string of the molecule is Cc1sc2nc([C@@H](C)OC(=O)c3ccco3)[nH]c(=O)c2c1C. The molecule has 3 aromatic rings. The molecule has 22 heavy (non-hydrogen) atoms. The largest absolute Gasteiger partial charge is 0.457 e. The number of fused-ring (bicyclic) bond motifs is 1. The Hall–Kier alpha value is -2.41. The molecule has 0 amide bonds. The summed E-state index contributed by atoms with van der Waals surface area (Å²) in [5.74, 6) is -0.171. The number of aromatic nitrogens is 2. The zero-order chi connectivity index (χ0) is 15.9. The van der Waals surface area contributed by atoms with Gasteiger partial charge in [0, 0.05) is 4.88 Å². The van der Waals surface area contributed by atoms with Crippen LogP contribution in [0.1, 0.15) is 39.8 Å². The lowest BCUT2D eigenvalue weighted by atomic mass is 10.2. The predicted octanol–water partition coefficient (Wildman–Crippen LogP) is 3.11. The fraction of sp³-hybridized carbons (Fsp3) is 0.267. The molecule has 0 aromatic carbocycles. The number of aryl methyl sites for hydroxylation is 2. The molecule has 0 bridgehead atoms. The molecule has 3 rings (SSSR count). The molecular formula is C15H14N2O4S. The molecule has 7 heteroatoms. The van der Waals surface area contributed by atoms with Crippen LogP contribution in [-0.2, 0) is 4.74 Å². The number of nitrogens with one attached hydrogen (secondary N) is 1. The maximum absolute atomic E-state index is 12.2. The Bertz CT molecular complexity index is 892. The number of nitrogens with zero attached hydrogens (tertiary/aromatic N) is 1. The van der Waals surface area contributed by atoms with Crippen molar-refractivity contribution in [1.29, 1.82) is 0 Å². The van der Waals surface area contributed by atoms with Crippen LogP contribution in [-0.4, -0.2) is 15.9 Å². The van der Waals surface area contributed by atoms with Gasteiger partial charge < -0.3 is 14.1 Å². The van der Waals surface area contributed by atoms with Gasteiger partial charge in [-0.2, -0.15) is 0 Å². The van der Waals surface area contributed by atoms with Crippen LogP contribution in [0.3, 0.4) is 0 Å². The van der Waals surface area contributed by atoms with Crippen molar-refractivity contribution in [2.24, 2.45) is 0 Å². The summed E-state index contributed by atoms with van der Waals surface area (Å²) in [4.78, 5) is 32.9. The minimum absolute atomic E-state index is 0.109. The van der Waals surface area contributed by atoms with Crippen LogP contribution in [0.4, 0.5) is 0 Å². The maximum Gasteiger partial charge on any atom is 0.374 e. The minimum atomic E-state index is -0.683. The molecular weight excluding hydrogens is 304 g/mol. The van der Waals surface area contributed by atoms with E-state index in [2.05, 4.69) is 9.97 Å². The molecule has 0 saturated carbocycles. The monoisotopic (exact) mass is 318 g/mol. The number of esters is 1. The Kier molecular flexibility index (Phi) is 3.58. The van der Waals surface area contributed by atoms with Crippen LogP contribution in [0.25, 0.3) is 10.2 Å². The molecule has 0 fully saturated rings. The first-order valence-electron chi connectivity index (χ1n) is 6.71. The summed E-state index contributed by atoms with van der Waals surface area (Å²) < 4.78 is 10.2. The van der Waals surface area contributed by atoms with Crippen LogP contribution < -0.4 is 5.56 Å². The molecule has 0 spiro atoms. The van der Waals surface area contributed by atoms with Crippen molar-refractivity contribution < 1.29 is 13.9 Å². The van der Waals surface area contributed by atoms with Crippen molar-refractivity contribution in [3.05, 3.63) is 50.8 Å². The molecule has 6 nitrogen and oxygen atoms in total. The van der Waals surface area contributed by atoms with Gasteiger partial charge >= 0.3 is 5.97 Å². The predicted molar refractivity (Wildman–Crippen MR) is 82.3 cm³/mol. The first kappa shape index (κ1) is 14.5. The molecule has 1 atom stereocenters. The summed E-state index contributed by atoms with van der Waals surface area (Å²) in [6.07, 6.45) is 0.711. The van der Waals surface area contributed by atoms with Crippen LogP contribution in [0, 0.1) is 13.8 Å². The quantitative estimate of drug-likeness (QED) is 0.750. The minimum Gasteiger partial charge on any atom is -0.457 e. The summed E-state index contributed by atoms with van der Waals surface area (Å²) in [7, 11) is 0. The molecule has 0 aliphatic heterocycles. The van der Waals surface area contributed by atoms with Crippen molar-refractivity contribution >= 4 is 27.5 Å². The van der Waals surface area contributed by atoms with Crippen LogP contribution >= 0.6 is 11.3 Å². The van der Waals surface area contributed by atoms with Gasteiger partial charge in [0.05, 0.1) is 11.6 Å². The third-order valence-corrected chi connectivity index (χ3v) is 4.55. The van der Waals surface area contributed by atoms with Gasteiger partial charge in [0.1, 0.15) is 4.83 Å². The van der Waals surface area contributed by atoms with E-state index in [1.807, 2.05) is 13.8 Å². The average molecular weight is 318 g/mol. The van der Waals surface area contributed by atoms with Crippen molar-refractivity contribution in [2.75, 3.05) is 0 Å². The highest BCUT2D eigenvalue weighted by molar-refractivity contribution is 7.18. The van der Waals surface area contributed by atoms with Gasteiger partial charge in [0.2, 0.25) is 5.76 Å². The topological polar surface area (TPSA) is 85.2 Å². The van der Waals surface area contributed by atoms with Crippen LogP contribution in [0.2, 0.25) is 0 Å². The van der Waals surface area contributed by atoms with Crippen LogP contribution in [0.15, 0.2) is 27.6 Å². The number of thiophene rings is 1. The highest BCUT2D eigenvalue weighted by atomic mass is 32.1. The first-order valence-corrected chi connectivity index (χ1v) is 7.53. The van der Waals surface area contributed by atoms with E-state index in [1.54, 1.807) is 13.0 Å². The molecule has 114 valence electrons. The van der Waals surface area contributed by atoms with Crippen molar-refractivity contribution in [1.82, 2.24) is 9.97 Å². The van der Waals surface area contributed by atoms with Crippen molar-refractivity contribution in [2.45, 2.75) is 26.9 Å². The Morgan fingerprint density at radius 1 is 1.45 bits per heavy atom. The normalized spacial score (nSPS) is 12.5. The molecule has 3 aromatic heterocycles. The maximum atomic E-state index is 12.2. The first-order chi connectivity index (χ1) is 10.5. The van der Waals surface area contributed by atoms with Gasteiger partial charge in [-0.3, -0.25) is 4.79 Å². The fourth-order valence-corrected chi connectivity index (χ4v) is 3.17. The zero-order valence-electron chi connectivity index (χ0n) is 12.3. The Balaban J connectivity index is 1.93. The van der Waals surface area contributed by atoms with E-state index in [4.69, 9.17) is 9.15 Å². The summed E-state index contributed by atoms with van der Waals surface area (Å²) in [5.41, 5.74) is 0.711. The molecule has 0 aliphatic rings. The average Bonchev–Trinajstić information content (AvgIpc) is 3.08. The second kappa shape index (κ2) is 5.42. The highest BCUT2D eigenvalue weighted by Gasteiger charge is 2.20. The van der Waals surface area contributed by atoms with E-state index >= 15 is 0 Å². The molecule has 0 unspecified atom stereocenters. The van der Waals surface area contributed by atoms with Crippen molar-refractivity contribution in [3.8, 4) is 0 Å². The smallest absolute Gasteiger partial charge is 0.374 e. The number of furan rings is 1. The molecule has 1 N–H and O–H groups in total. The number of H-pyrrole nitrogens is 1. The lowest BCUT2D eigenvalue weighted by Crippen LogP contribution is -2.17. The third kappa shape index (κ3) is 2.43. The number of rotatable bonds is 3. The summed E-state index contributed by atoms with van der Waals surface area (Å²) in [6.45, 7) is 5.49. The Morgan fingerprint density at radius 3 is 2.91 bits per heavy atom. The summed E-state index contributed by atoms with van der Waals surface area (Å²) in [6, 6.07) is 3.12. The number of ether oxygens (including phenoxy) is 1. The zero-order valence-corrected chi connectivity index (χ0v) is 13.1. The van der Waals surface area contributed by atoms with E-state index in [9.17, 15) is 9.59 Å². The summed E-state index contributed by atoms with van der Waals surface area (Å²) >= 11 is 1.45. The van der Waals surface area contributed by atoms with E-state index in [0.717, 1.165) is 10.4 Å². The highest BCUT2D eigenvalue weighted by Crippen LogP contribution is 2.27. The molecule has 0 aliphatic carbocycles. The lowest BCUT2D eigenvalue weighted by molar-refractivity contribution is 0.0284. The standard InChI is InChI=1S/C15H14N2O4S/c1-7-9(3)22-14-11(7)13(18)16-12(17-14)8(2)21-15(19)10-5-4-6-20-10/h4-6,8H,1-3H3,(H,16,17,18)/t8-/m1/s1. The Morgan fingerprint density at radius 2 is 2.23 bits per heavy atom. The van der Waals surface area contributed by atoms with Crippen molar-refractivity contribution in [3.63, 3.8) is 0 Å². The van der Waals surface area contributed by atoms with Gasteiger partial charge in [-0.15, -0.1) is 11.3 Å². The van der Waals surface area contributed by atoms with E-state index in [0.29, 0.717) is 16.0 Å². The Labute approximate surface area is 129 Å². The van der Waals surface area contributed by atoms with E-state index < -0.39 is 12.1 Å². The van der Waals surface area contributed by atoms with Gasteiger partial charge in [-0.25, -0.2) is 9.78 Å². The molecule has 0 radical (unpaired) electrons. The lowest BCUT2D eigenvalue weighted by Gasteiger charge is -2.11. The summed E-state index contributed by atoms with van der Waals surface area (Å²) in [5, 5.41) is 0.593. The number of carbonyl (C=O) groups excluding carboxylic acids is 1. The van der Waals surface area contributed by atoms with Gasteiger partial charge in [-0.1, -0.05) is 0 Å². The number of hydrogen-bond acceptors (Lipinski definition) is 6. The second-order valence-electron chi connectivity index (χ2n) is 4.94. The van der Waals surface area contributed by atoms with E-state index in [-0.39, 0.29) is 11.3 Å². The van der Waals surface area contributed by atoms with E-state index in [1.165, 1.54) is 23.7 Å². The second-order valence-corrected chi connectivity index (χ2v) is 6.14. The number of aromatic amines is 1. The fourth-order valence-electron chi connectivity index (χ4n) is 2.13. The van der Waals surface area contributed by atoms with Gasteiger partial charge in [-0.05, 0) is 38.5 Å². The number of hydrogen-bond donors (Lipinski definition) is 1. The third-order valence-electron chi connectivity index (χ3n) is 3.45.